The summed E-state index contributed by atoms with van der Waals surface area (Å²) in [5, 5.41) is 16.7. The number of carbonyl (C=O) groups excluding carboxylic acids is 1. The van der Waals surface area contributed by atoms with Crippen molar-refractivity contribution in [1.82, 2.24) is 24.6 Å². The molecule has 0 aliphatic carbocycles. The molecule has 0 bridgehead atoms. The van der Waals surface area contributed by atoms with E-state index in [1.165, 1.54) is 23.9 Å². The zero-order chi connectivity index (χ0) is 29.1. The number of halogens is 1. The number of hydrogen-bond acceptors (Lipinski definition) is 12. The van der Waals surface area contributed by atoms with E-state index < -0.39 is 49.7 Å². The van der Waals surface area contributed by atoms with Crippen LogP contribution in [-0.2, 0) is 23.4 Å². The number of benzene rings is 1. The fourth-order valence-electron chi connectivity index (χ4n) is 4.12. The van der Waals surface area contributed by atoms with Gasteiger partial charge in [-0.1, -0.05) is 24.3 Å². The van der Waals surface area contributed by atoms with Crippen molar-refractivity contribution < 1.29 is 33.0 Å². The van der Waals surface area contributed by atoms with E-state index in [2.05, 4.69) is 31.9 Å². The molecule has 5 N–H and O–H groups in total. The number of para-hydroxylation sites is 1. The number of rotatable bonds is 12. The number of alkyl halides is 1. The quantitative estimate of drug-likeness (QED) is 0.104. The number of aliphatic hydroxyl groups is 1. The molecule has 1 aliphatic heterocycles. The molecule has 0 amide bonds. The lowest BCUT2D eigenvalue weighted by Crippen LogP contribution is -2.41. The zero-order valence-electron chi connectivity index (χ0n) is 22.1. The summed E-state index contributed by atoms with van der Waals surface area (Å²) in [6.07, 6.45) is -0.814. The highest BCUT2D eigenvalue weighted by atomic mass is 35.5. The van der Waals surface area contributed by atoms with Gasteiger partial charge in [-0.05, 0) is 26.0 Å². The van der Waals surface area contributed by atoms with Crippen molar-refractivity contribution in [3.8, 4) is 5.75 Å². The van der Waals surface area contributed by atoms with Crippen LogP contribution < -0.4 is 20.7 Å². The molecule has 1 unspecified atom stereocenters. The molecule has 1 aliphatic rings. The van der Waals surface area contributed by atoms with Crippen molar-refractivity contribution in [2.75, 3.05) is 31.3 Å². The van der Waals surface area contributed by atoms with Gasteiger partial charge in [-0.25, -0.2) is 9.55 Å². The van der Waals surface area contributed by atoms with E-state index in [1.54, 1.807) is 44.3 Å². The average molecular weight is 596 g/mol. The molecule has 1 aromatic carbocycles. The minimum atomic E-state index is -4.22. The van der Waals surface area contributed by atoms with Gasteiger partial charge in [0, 0.05) is 7.05 Å². The van der Waals surface area contributed by atoms with Gasteiger partial charge >= 0.3 is 13.7 Å². The monoisotopic (exact) mass is 595 g/mol. The molecule has 0 saturated carbocycles. The Morgan fingerprint density at radius 3 is 2.77 bits per heavy atom. The molecular formula is C24H31ClN7O7P. The number of nitrogens with zero attached hydrogens (tertiary/aromatic N) is 4. The first kappa shape index (κ1) is 29.7. The van der Waals surface area contributed by atoms with Crippen molar-refractivity contribution in [2.24, 2.45) is 0 Å². The van der Waals surface area contributed by atoms with Gasteiger partial charge in [0.25, 0.3) is 0 Å². The Labute approximate surface area is 235 Å². The van der Waals surface area contributed by atoms with Gasteiger partial charge in [0.15, 0.2) is 23.2 Å². The van der Waals surface area contributed by atoms with Crippen molar-refractivity contribution in [3.05, 3.63) is 49.3 Å². The third kappa shape index (κ3) is 5.92. The third-order valence-electron chi connectivity index (χ3n) is 6.10. The third-order valence-corrected chi connectivity index (χ3v) is 8.31. The van der Waals surface area contributed by atoms with Crippen LogP contribution in [-0.4, -0.2) is 74.0 Å². The molecule has 1 fully saturated rings. The number of carbonyl (C=O) groups is 1. The van der Waals surface area contributed by atoms with Crippen molar-refractivity contribution in [3.63, 3.8) is 0 Å². The van der Waals surface area contributed by atoms with E-state index in [0.717, 1.165) is 0 Å². The number of ether oxygens (including phenoxy) is 2. The van der Waals surface area contributed by atoms with E-state index in [9.17, 15) is 14.5 Å². The molecule has 0 spiro atoms. The van der Waals surface area contributed by atoms with Crippen LogP contribution in [0.4, 0.5) is 11.8 Å². The maximum absolute atomic E-state index is 13.8. The Balaban J connectivity index is 1.60. The number of aromatic nitrogens is 4. The first-order valence-electron chi connectivity index (χ1n) is 12.3. The van der Waals surface area contributed by atoms with Crippen molar-refractivity contribution in [2.45, 2.75) is 43.2 Å². The minimum absolute atomic E-state index is 0.0170. The van der Waals surface area contributed by atoms with Crippen molar-refractivity contribution in [1.29, 1.82) is 0 Å². The predicted molar refractivity (Wildman–Crippen MR) is 148 cm³/mol. The summed E-state index contributed by atoms with van der Waals surface area (Å²) in [5.74, 6) is -0.0582. The Morgan fingerprint density at radius 1 is 1.40 bits per heavy atom. The van der Waals surface area contributed by atoms with Gasteiger partial charge < -0.3 is 30.2 Å². The number of aliphatic hydroxyl groups excluding tert-OH is 1. The standard InChI is InChI=1S/C24H31ClN7O7P/c1-5-24(25)18(33)16(38-22(24)32-13-28-17-19(27-4)29-23(26)30-20(17)32)12-37-40(35,31-14(3)21(34)36-6-2)39-15-10-8-7-9-11-15/h5,7-11,13-14,16,18,22,33H,1,6,12H2,2-4H3,(H,31,35)(H3,26,27,29,30)/t14-,16-,18-,22-,24-,40?/m1/s1. The molecule has 216 valence electrons. The van der Waals surface area contributed by atoms with Gasteiger partial charge in [-0.15, -0.1) is 18.2 Å². The fraction of sp³-hybridized carbons (Fsp3) is 0.417. The van der Waals surface area contributed by atoms with Gasteiger partial charge in [0.2, 0.25) is 5.95 Å². The topological polar surface area (TPSA) is 185 Å². The number of hydrogen-bond donors (Lipinski definition) is 4. The summed E-state index contributed by atoms with van der Waals surface area (Å²) in [5.41, 5.74) is 6.56. The molecule has 2 aromatic heterocycles. The summed E-state index contributed by atoms with van der Waals surface area (Å²) >= 11 is 6.85. The fourth-order valence-corrected chi connectivity index (χ4v) is 5.92. The van der Waals surface area contributed by atoms with Crippen LogP contribution in [0, 0.1) is 0 Å². The highest BCUT2D eigenvalue weighted by Crippen LogP contribution is 2.49. The van der Waals surface area contributed by atoms with E-state index in [4.69, 9.17) is 35.9 Å². The first-order valence-corrected chi connectivity index (χ1v) is 14.2. The smallest absolute Gasteiger partial charge is 0.459 e. The van der Waals surface area contributed by atoms with E-state index in [-0.39, 0.29) is 18.3 Å². The lowest BCUT2D eigenvalue weighted by molar-refractivity contribution is -0.144. The molecule has 16 heteroatoms. The van der Waals surface area contributed by atoms with Crippen LogP contribution in [0.25, 0.3) is 11.2 Å². The van der Waals surface area contributed by atoms with Gasteiger partial charge in [-0.2, -0.15) is 15.1 Å². The highest BCUT2D eigenvalue weighted by molar-refractivity contribution is 7.52. The number of imidazole rings is 1. The normalized spacial score (nSPS) is 24.8. The maximum Gasteiger partial charge on any atom is 0.459 e. The minimum Gasteiger partial charge on any atom is -0.465 e. The van der Waals surface area contributed by atoms with Crippen LogP contribution in [0.15, 0.2) is 49.3 Å². The highest BCUT2D eigenvalue weighted by Gasteiger charge is 2.55. The summed E-state index contributed by atoms with van der Waals surface area (Å²) in [6, 6.07) is 7.22. The molecular weight excluding hydrogens is 565 g/mol. The number of nitrogen functional groups attached to an aromatic ring is 1. The van der Waals surface area contributed by atoms with E-state index >= 15 is 0 Å². The second-order valence-corrected chi connectivity index (χ2v) is 11.2. The van der Waals surface area contributed by atoms with E-state index in [1.807, 2.05) is 0 Å². The molecule has 3 heterocycles. The average Bonchev–Trinajstić information content (AvgIpc) is 3.46. The number of nitrogens with two attached hydrogens (primary N) is 1. The summed E-state index contributed by atoms with van der Waals surface area (Å²) in [7, 11) is -2.56. The first-order chi connectivity index (χ1) is 19.0. The molecule has 0 radical (unpaired) electrons. The zero-order valence-corrected chi connectivity index (χ0v) is 23.7. The number of nitrogens with one attached hydrogen (secondary N) is 2. The summed E-state index contributed by atoms with van der Waals surface area (Å²) in [4.78, 5) is 23.4. The maximum atomic E-state index is 13.8. The summed E-state index contributed by atoms with van der Waals surface area (Å²) < 4.78 is 37.7. The number of fused-ring (bicyclic) bond motifs is 1. The van der Waals surface area contributed by atoms with Crippen LogP contribution in [0.1, 0.15) is 20.1 Å². The number of esters is 1. The molecule has 4 rings (SSSR count). The second kappa shape index (κ2) is 12.1. The van der Waals surface area contributed by atoms with Crippen LogP contribution in [0.5, 0.6) is 5.75 Å². The molecule has 6 atom stereocenters. The predicted octanol–water partition coefficient (Wildman–Crippen LogP) is 2.62. The summed E-state index contributed by atoms with van der Waals surface area (Å²) in [6.45, 7) is 6.57. The lowest BCUT2D eigenvalue weighted by Gasteiger charge is -2.27. The van der Waals surface area contributed by atoms with Crippen LogP contribution in [0.3, 0.4) is 0 Å². The molecule has 40 heavy (non-hydrogen) atoms. The lowest BCUT2D eigenvalue weighted by atomic mass is 9.99. The second-order valence-electron chi connectivity index (χ2n) is 8.81. The van der Waals surface area contributed by atoms with Gasteiger partial charge in [0.1, 0.15) is 28.9 Å². The Morgan fingerprint density at radius 2 is 2.12 bits per heavy atom. The number of anilines is 2. The Bertz CT molecular complexity index is 1410. The SMILES string of the molecule is C=C[C@@]1(Cl)[C@H](O)[C@@H](COP(=O)(N[C@H](C)C(=O)OCC)Oc2ccccc2)O[C@H]1n1cnc2c(NC)nc(N)nc21. The molecule has 1 saturated heterocycles. The largest absolute Gasteiger partial charge is 0.465 e. The van der Waals surface area contributed by atoms with Gasteiger partial charge in [-0.3, -0.25) is 13.9 Å². The van der Waals surface area contributed by atoms with Crippen LogP contribution in [0.2, 0.25) is 0 Å². The van der Waals surface area contributed by atoms with Gasteiger partial charge in [0.05, 0.1) is 19.5 Å². The van der Waals surface area contributed by atoms with Crippen molar-refractivity contribution >= 4 is 48.2 Å². The Hall–Kier alpha value is -3.26. The van der Waals surface area contributed by atoms with Crippen LogP contribution >= 0.6 is 19.3 Å². The molecule has 14 nitrogen and oxygen atoms in total. The Kier molecular flexibility index (Phi) is 8.98. The molecule has 3 aromatic rings. The van der Waals surface area contributed by atoms with E-state index in [0.29, 0.717) is 17.0 Å².